The summed E-state index contributed by atoms with van der Waals surface area (Å²) in [5.74, 6) is -2.85. The zero-order valence-corrected chi connectivity index (χ0v) is 19.2. The van der Waals surface area contributed by atoms with E-state index in [4.69, 9.17) is 0 Å². The Morgan fingerprint density at radius 3 is 1.16 bits per heavy atom. The molecule has 1 saturated heterocycles. The van der Waals surface area contributed by atoms with Crippen LogP contribution in [0.5, 0.6) is 0 Å². The molecule has 0 bridgehead atoms. The van der Waals surface area contributed by atoms with Crippen molar-refractivity contribution in [2.24, 2.45) is 5.92 Å². The van der Waals surface area contributed by atoms with Gasteiger partial charge < -0.3 is 15.3 Å². The normalized spacial score (nSPS) is 19.6. The highest BCUT2D eigenvalue weighted by Crippen LogP contribution is 2.08. The number of carboxylic acid groups (broad SMARTS) is 3. The molecule has 1 unspecified atom stereocenters. The molecule has 1 aliphatic heterocycles. The number of carboxylic acids is 3. The van der Waals surface area contributed by atoms with Gasteiger partial charge in [-0.3, -0.25) is 38.8 Å². The lowest BCUT2D eigenvalue weighted by molar-refractivity contribution is -0.140. The fourth-order valence-corrected chi connectivity index (χ4v) is 3.76. The second-order valence-corrected chi connectivity index (χ2v) is 8.44. The molecule has 0 aromatic heterocycles. The van der Waals surface area contributed by atoms with E-state index in [1.54, 1.807) is 14.7 Å². The zero-order valence-electron chi connectivity index (χ0n) is 19.2. The molecule has 1 aliphatic rings. The molecule has 1 atom stereocenters. The van der Waals surface area contributed by atoms with Crippen molar-refractivity contribution in [2.75, 3.05) is 78.5 Å². The summed E-state index contributed by atoms with van der Waals surface area (Å²) < 4.78 is 0. The van der Waals surface area contributed by atoms with E-state index in [0.717, 1.165) is 12.8 Å². The molecule has 0 amide bonds. The molecule has 1 rings (SSSR count). The fourth-order valence-electron chi connectivity index (χ4n) is 3.76. The highest BCUT2D eigenvalue weighted by molar-refractivity contribution is 5.82. The topological polar surface area (TPSA) is 142 Å². The summed E-state index contributed by atoms with van der Waals surface area (Å²) in [7, 11) is 0. The average molecular weight is 459 g/mol. The number of hydrogen-bond acceptors (Lipinski definition) is 8. The number of hydrogen-bond donors (Lipinski definition) is 3. The lowest BCUT2D eigenvalue weighted by Gasteiger charge is -2.33. The average Bonchev–Trinajstić information content (AvgIpc) is 2.68. The Morgan fingerprint density at radius 2 is 0.906 bits per heavy atom. The van der Waals surface area contributed by atoms with Crippen LogP contribution in [-0.4, -0.2) is 137 Å². The van der Waals surface area contributed by atoms with E-state index in [1.807, 2.05) is 18.7 Å². The van der Waals surface area contributed by atoms with Crippen LogP contribution in [0.3, 0.4) is 0 Å². The highest BCUT2D eigenvalue weighted by atomic mass is 16.4. The number of Topliss-reactive ketones (excluding diaryl/α,β-unsaturated/α-hetero) is 1. The second kappa shape index (κ2) is 14.9. The van der Waals surface area contributed by atoms with Gasteiger partial charge in [0.25, 0.3) is 0 Å². The Labute approximate surface area is 189 Å². The highest BCUT2D eigenvalue weighted by Gasteiger charge is 2.22. The van der Waals surface area contributed by atoms with Crippen LogP contribution < -0.4 is 0 Å². The first-order valence-corrected chi connectivity index (χ1v) is 11.2. The molecule has 1 heterocycles. The summed E-state index contributed by atoms with van der Waals surface area (Å²) in [5, 5.41) is 27.7. The molecule has 0 spiro atoms. The van der Waals surface area contributed by atoms with E-state index < -0.39 is 17.9 Å². The Kier molecular flexibility index (Phi) is 13.0. The lowest BCUT2D eigenvalue weighted by atomic mass is 10.0. The van der Waals surface area contributed by atoms with Gasteiger partial charge in [-0.05, 0) is 6.42 Å². The summed E-state index contributed by atoms with van der Waals surface area (Å²) in [6.45, 7) is 6.87. The standard InChI is InChI=1S/C21H38N4O7/c1-3-4-17(2)18(26)13-22-5-7-23(14-19(27)28)9-11-25(16-21(31)32)12-10-24(8-6-22)15-20(29)30/h17H,3-16H2,1-2H3,(H,27,28)(H,29,30)(H,31,32). The molecule has 0 aliphatic carbocycles. The molecule has 184 valence electrons. The number of rotatable bonds is 11. The predicted octanol–water partition coefficient (Wildman–Crippen LogP) is -0.533. The number of aliphatic carboxylic acids is 3. The van der Waals surface area contributed by atoms with Crippen LogP contribution in [0.4, 0.5) is 0 Å². The van der Waals surface area contributed by atoms with Gasteiger partial charge in [0.15, 0.2) is 0 Å². The van der Waals surface area contributed by atoms with E-state index in [0.29, 0.717) is 52.4 Å². The Hall–Kier alpha value is -2.08. The van der Waals surface area contributed by atoms with E-state index in [9.17, 15) is 34.5 Å². The van der Waals surface area contributed by atoms with Gasteiger partial charge in [0.05, 0.1) is 26.2 Å². The summed E-state index contributed by atoms with van der Waals surface area (Å²) in [4.78, 5) is 53.6. The van der Waals surface area contributed by atoms with Crippen molar-refractivity contribution >= 4 is 23.7 Å². The third kappa shape index (κ3) is 12.1. The number of ketones is 1. The third-order valence-corrected chi connectivity index (χ3v) is 5.66. The zero-order chi connectivity index (χ0) is 24.1. The van der Waals surface area contributed by atoms with E-state index in [1.165, 1.54) is 0 Å². The van der Waals surface area contributed by atoms with Crippen molar-refractivity contribution in [3.8, 4) is 0 Å². The minimum Gasteiger partial charge on any atom is -0.480 e. The first kappa shape index (κ1) is 28.0. The quantitative estimate of drug-likeness (QED) is 0.368. The van der Waals surface area contributed by atoms with Crippen LogP contribution in [0.15, 0.2) is 0 Å². The fraction of sp³-hybridized carbons (Fsp3) is 0.810. The Balaban J connectivity index is 2.96. The predicted molar refractivity (Wildman–Crippen MR) is 118 cm³/mol. The molecule has 0 saturated carbocycles. The second-order valence-electron chi connectivity index (χ2n) is 8.44. The van der Waals surface area contributed by atoms with Crippen molar-refractivity contribution in [2.45, 2.75) is 26.7 Å². The van der Waals surface area contributed by atoms with E-state index in [2.05, 4.69) is 0 Å². The maximum absolute atomic E-state index is 12.6. The summed E-state index contributed by atoms with van der Waals surface area (Å²) in [5.41, 5.74) is 0. The van der Waals surface area contributed by atoms with E-state index >= 15 is 0 Å². The van der Waals surface area contributed by atoms with Crippen molar-refractivity contribution in [3.05, 3.63) is 0 Å². The van der Waals surface area contributed by atoms with Crippen LogP contribution in [-0.2, 0) is 19.2 Å². The van der Waals surface area contributed by atoms with Gasteiger partial charge in [-0.25, -0.2) is 0 Å². The molecule has 1 fully saturated rings. The maximum atomic E-state index is 12.6. The summed E-state index contributed by atoms with van der Waals surface area (Å²) in [6.07, 6.45) is 1.72. The summed E-state index contributed by atoms with van der Waals surface area (Å²) >= 11 is 0. The smallest absolute Gasteiger partial charge is 0.317 e. The Morgan fingerprint density at radius 1 is 0.625 bits per heavy atom. The summed E-state index contributed by atoms with van der Waals surface area (Å²) in [6, 6.07) is 0. The maximum Gasteiger partial charge on any atom is 0.317 e. The van der Waals surface area contributed by atoms with Gasteiger partial charge >= 0.3 is 17.9 Å². The molecule has 0 aromatic carbocycles. The van der Waals surface area contributed by atoms with Gasteiger partial charge in [0.2, 0.25) is 0 Å². The SMILES string of the molecule is CCCC(C)C(=O)CN1CCN(CC(=O)O)CCN(CC(=O)O)CCN(CC(=O)O)CC1. The molecular weight excluding hydrogens is 420 g/mol. The van der Waals surface area contributed by atoms with Crippen LogP contribution >= 0.6 is 0 Å². The first-order valence-electron chi connectivity index (χ1n) is 11.2. The molecule has 0 radical (unpaired) electrons. The number of nitrogens with zero attached hydrogens (tertiary/aromatic N) is 4. The molecular formula is C21H38N4O7. The van der Waals surface area contributed by atoms with Crippen molar-refractivity contribution < 1.29 is 34.5 Å². The van der Waals surface area contributed by atoms with Crippen molar-refractivity contribution in [1.29, 1.82) is 0 Å². The molecule has 0 aromatic rings. The Bertz CT molecular complexity index is 599. The third-order valence-electron chi connectivity index (χ3n) is 5.66. The molecule has 11 heteroatoms. The van der Waals surface area contributed by atoms with Crippen LogP contribution in [0.1, 0.15) is 26.7 Å². The molecule has 3 N–H and O–H groups in total. The van der Waals surface area contributed by atoms with Gasteiger partial charge in [-0.1, -0.05) is 20.3 Å². The molecule has 11 nitrogen and oxygen atoms in total. The van der Waals surface area contributed by atoms with Crippen molar-refractivity contribution in [1.82, 2.24) is 19.6 Å². The largest absolute Gasteiger partial charge is 0.480 e. The number of carbonyl (C=O) groups is 4. The molecule has 32 heavy (non-hydrogen) atoms. The minimum absolute atomic E-state index is 0.0591. The van der Waals surface area contributed by atoms with Crippen molar-refractivity contribution in [3.63, 3.8) is 0 Å². The van der Waals surface area contributed by atoms with Gasteiger partial charge in [-0.15, -0.1) is 0 Å². The first-order chi connectivity index (χ1) is 15.1. The lowest BCUT2D eigenvalue weighted by Crippen LogP contribution is -2.49. The van der Waals surface area contributed by atoms with E-state index in [-0.39, 0.29) is 37.9 Å². The van der Waals surface area contributed by atoms with Gasteiger partial charge in [-0.2, -0.15) is 0 Å². The van der Waals surface area contributed by atoms with Crippen LogP contribution in [0, 0.1) is 5.92 Å². The van der Waals surface area contributed by atoms with Crippen LogP contribution in [0.2, 0.25) is 0 Å². The number of carbonyl (C=O) groups excluding carboxylic acids is 1. The van der Waals surface area contributed by atoms with Gasteiger partial charge in [0, 0.05) is 58.3 Å². The van der Waals surface area contributed by atoms with Gasteiger partial charge in [0.1, 0.15) is 5.78 Å². The monoisotopic (exact) mass is 458 g/mol. The minimum atomic E-state index is -0.988. The van der Waals surface area contributed by atoms with Crippen LogP contribution in [0.25, 0.3) is 0 Å².